The van der Waals surface area contributed by atoms with Gasteiger partial charge in [0.05, 0.1) is 5.92 Å². The summed E-state index contributed by atoms with van der Waals surface area (Å²) in [6, 6.07) is 9.89. The summed E-state index contributed by atoms with van der Waals surface area (Å²) in [6.45, 7) is 7.89. The maximum atomic E-state index is 13.4. The molecule has 4 nitrogen and oxygen atoms in total. The quantitative estimate of drug-likeness (QED) is 0.657. The zero-order chi connectivity index (χ0) is 20.3. The van der Waals surface area contributed by atoms with E-state index in [1.54, 1.807) is 6.08 Å². The highest BCUT2D eigenvalue weighted by Gasteiger charge is 2.49. The van der Waals surface area contributed by atoms with Gasteiger partial charge >= 0.3 is 0 Å². The topological polar surface area (TPSA) is 40.6 Å². The van der Waals surface area contributed by atoms with E-state index >= 15 is 0 Å². The number of allylic oxidation sites excluding steroid dienone is 1. The van der Waals surface area contributed by atoms with Crippen LogP contribution in [0.15, 0.2) is 53.6 Å². The van der Waals surface area contributed by atoms with E-state index in [-0.39, 0.29) is 33.7 Å². The molecule has 0 aliphatic carbocycles. The fourth-order valence-electron chi connectivity index (χ4n) is 4.55. The predicted octanol–water partition coefficient (Wildman–Crippen LogP) is 4.50. The van der Waals surface area contributed by atoms with E-state index in [1.165, 1.54) is 6.08 Å². The second-order valence-corrected chi connectivity index (χ2v) is 8.93. The van der Waals surface area contributed by atoms with Crippen LogP contribution in [0.5, 0.6) is 0 Å². The van der Waals surface area contributed by atoms with Crippen molar-refractivity contribution in [2.24, 2.45) is 5.41 Å². The molecule has 1 aromatic carbocycles. The van der Waals surface area contributed by atoms with Gasteiger partial charge in [0.1, 0.15) is 4.49 Å². The zero-order valence-corrected chi connectivity index (χ0v) is 17.6. The van der Waals surface area contributed by atoms with Crippen molar-refractivity contribution in [1.82, 2.24) is 9.80 Å². The Bertz CT molecular complexity index is 768. The number of halogens is 2. The molecule has 2 amide bonds. The number of piperidine rings is 1. The van der Waals surface area contributed by atoms with Crippen LogP contribution in [0.3, 0.4) is 0 Å². The zero-order valence-electron chi connectivity index (χ0n) is 16.1. The lowest BCUT2D eigenvalue weighted by atomic mass is 9.69. The summed E-state index contributed by atoms with van der Waals surface area (Å²) in [6.07, 6.45) is 5.36. The molecule has 2 saturated heterocycles. The van der Waals surface area contributed by atoms with Crippen LogP contribution in [-0.4, -0.2) is 47.3 Å². The lowest BCUT2D eigenvalue weighted by molar-refractivity contribution is -0.150. The van der Waals surface area contributed by atoms with Gasteiger partial charge in [-0.15, -0.1) is 0 Å². The lowest BCUT2D eigenvalue weighted by Crippen LogP contribution is -2.63. The molecule has 28 heavy (non-hydrogen) atoms. The molecular formula is C22H26Cl2N2O2. The highest BCUT2D eigenvalue weighted by molar-refractivity contribution is 6.55. The van der Waals surface area contributed by atoms with Crippen molar-refractivity contribution in [3.05, 3.63) is 59.1 Å². The summed E-state index contributed by atoms with van der Waals surface area (Å²) in [4.78, 5) is 29.0. The summed E-state index contributed by atoms with van der Waals surface area (Å²) >= 11 is 11.6. The van der Waals surface area contributed by atoms with Crippen molar-refractivity contribution in [2.75, 3.05) is 19.6 Å². The normalized spacial score (nSPS) is 21.6. The second-order valence-electron chi connectivity index (χ2n) is 7.93. The van der Waals surface area contributed by atoms with Crippen LogP contribution in [0, 0.1) is 5.41 Å². The average Bonchev–Trinajstić information content (AvgIpc) is 2.66. The van der Waals surface area contributed by atoms with Gasteiger partial charge < -0.3 is 9.80 Å². The molecule has 3 rings (SSSR count). The molecule has 1 aromatic rings. The summed E-state index contributed by atoms with van der Waals surface area (Å²) < 4.78 is 0.181. The Labute approximate surface area is 176 Å². The molecule has 0 N–H and O–H groups in total. The minimum absolute atomic E-state index is 0.00864. The minimum Gasteiger partial charge on any atom is -0.339 e. The number of hydrogen-bond acceptors (Lipinski definition) is 2. The SMILES string of the molecule is C=CC(=O)N1CC2(CCN(C(=O)[C@@H](CC=C(Cl)Cl)c3ccccc3)[C@@H](C)C2)C1. The Morgan fingerprint density at radius 1 is 1.29 bits per heavy atom. The third-order valence-corrected chi connectivity index (χ3v) is 6.28. The number of benzene rings is 1. The Kier molecular flexibility index (Phi) is 6.51. The first-order chi connectivity index (χ1) is 13.3. The molecule has 150 valence electrons. The first-order valence-electron chi connectivity index (χ1n) is 9.63. The number of rotatable bonds is 5. The van der Waals surface area contributed by atoms with E-state index in [2.05, 4.69) is 13.5 Å². The van der Waals surface area contributed by atoms with Crippen molar-refractivity contribution in [3.63, 3.8) is 0 Å². The van der Waals surface area contributed by atoms with Gasteiger partial charge in [-0.1, -0.05) is 66.2 Å². The molecule has 0 unspecified atom stereocenters. The third kappa shape index (κ3) is 4.44. The summed E-state index contributed by atoms with van der Waals surface area (Å²) in [7, 11) is 0. The molecule has 2 aliphatic rings. The van der Waals surface area contributed by atoms with Crippen molar-refractivity contribution < 1.29 is 9.59 Å². The van der Waals surface area contributed by atoms with Crippen molar-refractivity contribution in [1.29, 1.82) is 0 Å². The molecule has 2 atom stereocenters. The maximum absolute atomic E-state index is 13.4. The number of likely N-dealkylation sites (tertiary alicyclic amines) is 2. The molecule has 0 aromatic heterocycles. The summed E-state index contributed by atoms with van der Waals surface area (Å²) in [5, 5.41) is 0. The molecule has 2 aliphatic heterocycles. The monoisotopic (exact) mass is 420 g/mol. The standard InChI is InChI=1S/C22H26Cl2N2O2/c1-3-20(27)25-14-22(15-25)11-12-26(16(2)13-22)21(28)18(9-10-19(23)24)17-7-5-4-6-8-17/h3-8,10,16,18H,1,9,11-15H2,2H3/t16-,18-/m0/s1. The number of carbonyl (C=O) groups is 2. The van der Waals surface area contributed by atoms with Crippen molar-refractivity contribution in [2.45, 2.75) is 38.1 Å². The van der Waals surface area contributed by atoms with Crippen LogP contribution < -0.4 is 0 Å². The van der Waals surface area contributed by atoms with Crippen LogP contribution >= 0.6 is 23.2 Å². The van der Waals surface area contributed by atoms with Gasteiger partial charge in [0.15, 0.2) is 0 Å². The Balaban J connectivity index is 1.70. The van der Waals surface area contributed by atoms with Gasteiger partial charge in [-0.25, -0.2) is 0 Å². The highest BCUT2D eigenvalue weighted by atomic mass is 35.5. The van der Waals surface area contributed by atoms with Gasteiger partial charge in [0.25, 0.3) is 0 Å². The van der Waals surface area contributed by atoms with Gasteiger partial charge in [-0.2, -0.15) is 0 Å². The van der Waals surface area contributed by atoms with Crippen molar-refractivity contribution in [3.8, 4) is 0 Å². The van der Waals surface area contributed by atoms with Gasteiger partial charge in [-0.3, -0.25) is 9.59 Å². The van der Waals surface area contributed by atoms with Crippen LogP contribution in [0.4, 0.5) is 0 Å². The van der Waals surface area contributed by atoms with Crippen molar-refractivity contribution >= 4 is 35.0 Å². The number of nitrogens with zero attached hydrogens (tertiary/aromatic N) is 2. The second kappa shape index (κ2) is 8.71. The Morgan fingerprint density at radius 3 is 2.54 bits per heavy atom. The third-order valence-electron chi connectivity index (χ3n) is 5.97. The van der Waals surface area contributed by atoms with Gasteiger partial charge in [0, 0.05) is 31.1 Å². The lowest BCUT2D eigenvalue weighted by Gasteiger charge is -2.56. The summed E-state index contributed by atoms with van der Waals surface area (Å²) in [5.41, 5.74) is 1.11. The van der Waals surface area contributed by atoms with Crippen LogP contribution in [0.2, 0.25) is 0 Å². The first kappa shape index (κ1) is 20.9. The molecule has 2 fully saturated rings. The van der Waals surface area contributed by atoms with Crippen LogP contribution in [-0.2, 0) is 9.59 Å². The molecule has 6 heteroatoms. The minimum atomic E-state index is -0.301. The molecule has 2 heterocycles. The highest BCUT2D eigenvalue weighted by Crippen LogP contribution is 2.43. The maximum Gasteiger partial charge on any atom is 0.245 e. The van der Waals surface area contributed by atoms with E-state index in [9.17, 15) is 9.59 Å². The van der Waals surface area contributed by atoms with E-state index in [0.29, 0.717) is 13.0 Å². The largest absolute Gasteiger partial charge is 0.339 e. The molecule has 0 bridgehead atoms. The summed E-state index contributed by atoms with van der Waals surface area (Å²) in [5.74, 6) is -0.200. The average molecular weight is 421 g/mol. The predicted molar refractivity (Wildman–Crippen MR) is 113 cm³/mol. The van der Waals surface area contributed by atoms with E-state index < -0.39 is 0 Å². The van der Waals surface area contributed by atoms with Gasteiger partial charge in [0.2, 0.25) is 11.8 Å². The number of carbonyl (C=O) groups excluding carboxylic acids is 2. The van der Waals surface area contributed by atoms with Crippen LogP contribution in [0.1, 0.15) is 37.7 Å². The van der Waals surface area contributed by atoms with Crippen LogP contribution in [0.25, 0.3) is 0 Å². The smallest absolute Gasteiger partial charge is 0.245 e. The van der Waals surface area contributed by atoms with E-state index in [4.69, 9.17) is 23.2 Å². The van der Waals surface area contributed by atoms with E-state index in [0.717, 1.165) is 31.5 Å². The molecular weight excluding hydrogens is 395 g/mol. The molecule has 1 spiro atoms. The number of amides is 2. The fraction of sp³-hybridized carbons (Fsp3) is 0.455. The number of hydrogen-bond donors (Lipinski definition) is 0. The Hall–Kier alpha value is -1.78. The molecule has 0 saturated carbocycles. The first-order valence-corrected chi connectivity index (χ1v) is 10.4. The fourth-order valence-corrected chi connectivity index (χ4v) is 4.73. The Morgan fingerprint density at radius 2 is 1.96 bits per heavy atom. The van der Waals surface area contributed by atoms with Gasteiger partial charge in [-0.05, 0) is 37.8 Å². The molecule has 0 radical (unpaired) electrons. The van der Waals surface area contributed by atoms with E-state index in [1.807, 2.05) is 40.1 Å².